The zero-order valence-corrected chi connectivity index (χ0v) is 18.6. The van der Waals surface area contributed by atoms with Gasteiger partial charge in [0.15, 0.2) is 6.10 Å². The van der Waals surface area contributed by atoms with E-state index in [9.17, 15) is 19.5 Å². The summed E-state index contributed by atoms with van der Waals surface area (Å²) in [6, 6.07) is 6.67. The van der Waals surface area contributed by atoms with Crippen LogP contribution in [0.1, 0.15) is 44.0 Å². The van der Waals surface area contributed by atoms with Gasteiger partial charge < -0.3 is 30.1 Å². The molecule has 0 radical (unpaired) electrons. The summed E-state index contributed by atoms with van der Waals surface area (Å²) in [5, 5.41) is 14.6. The highest BCUT2D eigenvalue weighted by Crippen LogP contribution is 2.20. The third kappa shape index (κ3) is 7.84. The van der Waals surface area contributed by atoms with Crippen molar-refractivity contribution >= 4 is 23.6 Å². The van der Waals surface area contributed by atoms with Crippen molar-refractivity contribution in [1.29, 1.82) is 0 Å². The van der Waals surface area contributed by atoms with Crippen LogP contribution in [0.5, 0.6) is 0 Å². The standard InChI is InChI=1S/C22H33N3O6/c1-22(2,3)31-21(29)23-12-18(30-4)19(27)24-17-9-5-8-16(11-17)20(28)25-10-6-7-15(13-25)14-26/h5,8-9,11,15,18,26H,6-7,10,12-14H2,1-4H3,(H,23,29)(H,24,27)/t15-,18-/m1/s1. The van der Waals surface area contributed by atoms with Crippen LogP contribution in [0.3, 0.4) is 0 Å². The molecular formula is C22H33N3O6. The lowest BCUT2D eigenvalue weighted by molar-refractivity contribution is -0.125. The molecule has 0 unspecified atom stereocenters. The molecule has 1 aliphatic rings. The van der Waals surface area contributed by atoms with E-state index in [4.69, 9.17) is 9.47 Å². The van der Waals surface area contributed by atoms with E-state index < -0.39 is 23.7 Å². The minimum atomic E-state index is -0.931. The number of alkyl carbamates (subject to hydrolysis) is 1. The third-order valence-corrected chi connectivity index (χ3v) is 4.85. The zero-order valence-electron chi connectivity index (χ0n) is 18.6. The number of aliphatic hydroxyl groups is 1. The SMILES string of the molecule is CO[C@H](CNC(=O)OC(C)(C)C)C(=O)Nc1cccc(C(=O)N2CCC[C@@H](CO)C2)c1. The maximum atomic E-state index is 12.8. The highest BCUT2D eigenvalue weighted by Gasteiger charge is 2.25. The smallest absolute Gasteiger partial charge is 0.407 e. The Morgan fingerprint density at radius 3 is 2.68 bits per heavy atom. The maximum Gasteiger partial charge on any atom is 0.407 e. The topological polar surface area (TPSA) is 117 Å². The van der Waals surface area contributed by atoms with Gasteiger partial charge in [-0.1, -0.05) is 6.07 Å². The van der Waals surface area contributed by atoms with Crippen LogP contribution in [0.2, 0.25) is 0 Å². The normalized spacial score (nSPS) is 17.6. The molecule has 0 bridgehead atoms. The zero-order chi connectivity index (χ0) is 23.0. The second-order valence-electron chi connectivity index (χ2n) is 8.62. The number of nitrogens with one attached hydrogen (secondary N) is 2. The molecule has 1 aromatic carbocycles. The molecular weight excluding hydrogens is 402 g/mol. The number of hydrogen-bond acceptors (Lipinski definition) is 6. The molecule has 1 saturated heterocycles. The largest absolute Gasteiger partial charge is 0.444 e. The summed E-state index contributed by atoms with van der Waals surface area (Å²) in [7, 11) is 1.37. The van der Waals surface area contributed by atoms with E-state index in [1.807, 2.05) is 0 Å². The maximum absolute atomic E-state index is 12.8. The molecule has 2 atom stereocenters. The van der Waals surface area contributed by atoms with E-state index in [2.05, 4.69) is 10.6 Å². The molecule has 172 valence electrons. The summed E-state index contributed by atoms with van der Waals surface area (Å²) >= 11 is 0. The summed E-state index contributed by atoms with van der Waals surface area (Å²) < 4.78 is 10.3. The highest BCUT2D eigenvalue weighted by atomic mass is 16.6. The number of benzene rings is 1. The van der Waals surface area contributed by atoms with Crippen molar-refractivity contribution in [2.75, 3.05) is 38.7 Å². The molecule has 3 amide bonds. The highest BCUT2D eigenvalue weighted by molar-refractivity contribution is 5.98. The van der Waals surface area contributed by atoms with Crippen molar-refractivity contribution in [3.05, 3.63) is 29.8 Å². The first-order valence-corrected chi connectivity index (χ1v) is 10.4. The monoisotopic (exact) mass is 435 g/mol. The summed E-state index contributed by atoms with van der Waals surface area (Å²) in [5.41, 5.74) is 0.260. The molecule has 1 heterocycles. The molecule has 31 heavy (non-hydrogen) atoms. The molecule has 2 rings (SSSR count). The van der Waals surface area contributed by atoms with Gasteiger partial charge in [0.2, 0.25) is 0 Å². The lowest BCUT2D eigenvalue weighted by Crippen LogP contribution is -2.42. The summed E-state index contributed by atoms with van der Waals surface area (Å²) in [6.07, 6.45) is 0.191. The van der Waals surface area contributed by atoms with Crippen molar-refractivity contribution in [2.45, 2.75) is 45.3 Å². The van der Waals surface area contributed by atoms with E-state index >= 15 is 0 Å². The van der Waals surface area contributed by atoms with E-state index in [1.165, 1.54) is 7.11 Å². The van der Waals surface area contributed by atoms with Gasteiger partial charge in [0, 0.05) is 38.1 Å². The Bertz CT molecular complexity index is 777. The van der Waals surface area contributed by atoms with Gasteiger partial charge in [-0.3, -0.25) is 9.59 Å². The van der Waals surface area contributed by atoms with E-state index in [0.29, 0.717) is 24.3 Å². The van der Waals surface area contributed by atoms with Gasteiger partial charge in [0.25, 0.3) is 11.8 Å². The lowest BCUT2D eigenvalue weighted by atomic mass is 9.98. The number of hydrogen-bond donors (Lipinski definition) is 3. The number of methoxy groups -OCH3 is 1. The number of aliphatic hydroxyl groups excluding tert-OH is 1. The first-order chi connectivity index (χ1) is 14.6. The predicted molar refractivity (Wildman–Crippen MR) is 116 cm³/mol. The van der Waals surface area contributed by atoms with Crippen molar-refractivity contribution in [3.8, 4) is 0 Å². The van der Waals surface area contributed by atoms with Crippen molar-refractivity contribution in [3.63, 3.8) is 0 Å². The van der Waals surface area contributed by atoms with Gasteiger partial charge in [0.05, 0.1) is 6.54 Å². The Kier molecular flexibility index (Phi) is 8.82. The number of carbonyl (C=O) groups excluding carboxylic acids is 3. The van der Waals surface area contributed by atoms with Gasteiger partial charge >= 0.3 is 6.09 Å². The van der Waals surface area contributed by atoms with Crippen molar-refractivity contribution in [1.82, 2.24) is 10.2 Å². The van der Waals surface area contributed by atoms with E-state index in [0.717, 1.165) is 12.8 Å². The van der Waals surface area contributed by atoms with Crippen LogP contribution in [-0.2, 0) is 14.3 Å². The molecule has 0 spiro atoms. The molecule has 9 heteroatoms. The Morgan fingerprint density at radius 2 is 2.03 bits per heavy atom. The Balaban J connectivity index is 1.96. The number of nitrogens with zero attached hydrogens (tertiary/aromatic N) is 1. The van der Waals surface area contributed by atoms with Crippen LogP contribution in [-0.4, -0.2) is 73.0 Å². The quantitative estimate of drug-likeness (QED) is 0.603. The summed E-state index contributed by atoms with van der Waals surface area (Å²) in [6.45, 7) is 6.41. The second kappa shape index (κ2) is 11.1. The number of ether oxygens (including phenoxy) is 2. The fraction of sp³-hybridized carbons (Fsp3) is 0.591. The van der Waals surface area contributed by atoms with E-state index in [1.54, 1.807) is 49.9 Å². The number of carbonyl (C=O) groups is 3. The van der Waals surface area contributed by atoms with Gasteiger partial charge in [-0.2, -0.15) is 0 Å². The lowest BCUT2D eigenvalue weighted by Gasteiger charge is -2.32. The van der Waals surface area contributed by atoms with Crippen LogP contribution in [0.15, 0.2) is 24.3 Å². The molecule has 0 aliphatic carbocycles. The molecule has 3 N–H and O–H groups in total. The number of amides is 3. The molecule has 1 fully saturated rings. The molecule has 1 aromatic rings. The minimum Gasteiger partial charge on any atom is -0.444 e. The first-order valence-electron chi connectivity index (χ1n) is 10.4. The average Bonchev–Trinajstić information content (AvgIpc) is 2.72. The molecule has 0 aromatic heterocycles. The Hall–Kier alpha value is -2.65. The molecule has 1 aliphatic heterocycles. The van der Waals surface area contributed by atoms with Crippen molar-refractivity contribution in [2.24, 2.45) is 5.92 Å². The van der Waals surface area contributed by atoms with Crippen LogP contribution >= 0.6 is 0 Å². The summed E-state index contributed by atoms with van der Waals surface area (Å²) in [5.74, 6) is -0.494. The summed E-state index contributed by atoms with van der Waals surface area (Å²) in [4.78, 5) is 38.9. The van der Waals surface area contributed by atoms with Gasteiger partial charge in [0.1, 0.15) is 5.60 Å². The number of anilines is 1. The average molecular weight is 436 g/mol. The number of piperidine rings is 1. The second-order valence-corrected chi connectivity index (χ2v) is 8.62. The fourth-order valence-corrected chi connectivity index (χ4v) is 3.31. The Labute approximate surface area is 183 Å². The third-order valence-electron chi connectivity index (χ3n) is 4.85. The van der Waals surface area contributed by atoms with E-state index in [-0.39, 0.29) is 25.0 Å². The van der Waals surface area contributed by atoms with Crippen LogP contribution < -0.4 is 10.6 Å². The van der Waals surface area contributed by atoms with Gasteiger partial charge in [-0.25, -0.2) is 4.79 Å². The predicted octanol–water partition coefficient (Wildman–Crippen LogP) is 2.01. The van der Waals surface area contributed by atoms with Crippen molar-refractivity contribution < 1.29 is 29.0 Å². The number of rotatable bonds is 7. The fourth-order valence-electron chi connectivity index (χ4n) is 3.31. The number of likely N-dealkylation sites (tertiary alicyclic amines) is 1. The van der Waals surface area contributed by atoms with Gasteiger partial charge in [-0.05, 0) is 57.7 Å². The molecule has 0 saturated carbocycles. The minimum absolute atomic E-state index is 0.0633. The van der Waals surface area contributed by atoms with Crippen LogP contribution in [0, 0.1) is 5.92 Å². The Morgan fingerprint density at radius 1 is 1.29 bits per heavy atom. The first kappa shape index (κ1) is 24.6. The van der Waals surface area contributed by atoms with Crippen LogP contribution in [0.4, 0.5) is 10.5 Å². The molecule has 9 nitrogen and oxygen atoms in total. The van der Waals surface area contributed by atoms with Gasteiger partial charge in [-0.15, -0.1) is 0 Å². The van der Waals surface area contributed by atoms with Crippen LogP contribution in [0.25, 0.3) is 0 Å².